The molecular weight excluding hydrogens is 356 g/mol. The summed E-state index contributed by atoms with van der Waals surface area (Å²) in [6.45, 7) is 5.72. The zero-order valence-corrected chi connectivity index (χ0v) is 16.5. The second kappa shape index (κ2) is 7.61. The van der Waals surface area contributed by atoms with Crippen LogP contribution in [0.4, 0.5) is 0 Å². The van der Waals surface area contributed by atoms with Gasteiger partial charge in [-0.15, -0.1) is 11.3 Å². The number of nitrogens with zero attached hydrogens (tertiary/aromatic N) is 2. The first-order valence-electron chi connectivity index (χ1n) is 9.34. The Kier molecular flexibility index (Phi) is 5.03. The summed E-state index contributed by atoms with van der Waals surface area (Å²) in [5.41, 5.74) is 3.39. The van der Waals surface area contributed by atoms with Gasteiger partial charge in [0.2, 0.25) is 5.91 Å². The highest BCUT2D eigenvalue weighted by atomic mass is 32.1. The lowest BCUT2D eigenvalue weighted by Crippen LogP contribution is -2.28. The number of carbonyl (C=O) groups is 1. The SMILES string of the molecule is Cc1cc(/C=C/C(=O)N2CCC[C@H]2c2cccs2)c(C)n1Cc1ccco1. The monoisotopic (exact) mass is 380 g/mol. The van der Waals surface area contributed by atoms with Crippen LogP contribution in [0.25, 0.3) is 6.08 Å². The number of hydrogen-bond acceptors (Lipinski definition) is 3. The van der Waals surface area contributed by atoms with Crippen LogP contribution in [0.2, 0.25) is 0 Å². The Morgan fingerprint density at radius 1 is 1.33 bits per heavy atom. The van der Waals surface area contributed by atoms with Crippen LogP contribution in [0.1, 0.15) is 46.5 Å². The van der Waals surface area contributed by atoms with Crippen molar-refractivity contribution >= 4 is 23.3 Å². The van der Waals surface area contributed by atoms with Gasteiger partial charge in [-0.2, -0.15) is 0 Å². The molecule has 4 nitrogen and oxygen atoms in total. The highest BCUT2D eigenvalue weighted by molar-refractivity contribution is 7.10. The fraction of sp³-hybridized carbons (Fsp3) is 0.318. The summed E-state index contributed by atoms with van der Waals surface area (Å²) >= 11 is 1.73. The summed E-state index contributed by atoms with van der Waals surface area (Å²) < 4.78 is 7.69. The van der Waals surface area contributed by atoms with E-state index in [9.17, 15) is 4.79 Å². The standard InChI is InChI=1S/C22H24N2O2S/c1-16-14-18(17(2)24(16)15-19-6-4-12-26-19)9-10-22(25)23-11-3-7-20(23)21-8-5-13-27-21/h4-6,8-10,12-14,20H,3,7,11,15H2,1-2H3/b10-9+/t20-/m0/s1. The van der Waals surface area contributed by atoms with Crippen LogP contribution in [0.15, 0.2) is 52.5 Å². The zero-order chi connectivity index (χ0) is 18.8. The Morgan fingerprint density at radius 2 is 2.22 bits per heavy atom. The maximum absolute atomic E-state index is 12.8. The number of rotatable bonds is 5. The van der Waals surface area contributed by atoms with E-state index >= 15 is 0 Å². The van der Waals surface area contributed by atoms with Gasteiger partial charge in [0.1, 0.15) is 5.76 Å². The smallest absolute Gasteiger partial charge is 0.247 e. The minimum atomic E-state index is 0.0988. The van der Waals surface area contributed by atoms with Gasteiger partial charge in [0.05, 0.1) is 18.8 Å². The van der Waals surface area contributed by atoms with Gasteiger partial charge in [-0.05, 0) is 68.0 Å². The van der Waals surface area contributed by atoms with Gasteiger partial charge < -0.3 is 13.9 Å². The zero-order valence-electron chi connectivity index (χ0n) is 15.7. The molecule has 1 amide bonds. The number of aromatic nitrogens is 1. The normalized spacial score (nSPS) is 17.3. The van der Waals surface area contributed by atoms with E-state index in [0.29, 0.717) is 6.54 Å². The molecule has 1 saturated heterocycles. The fourth-order valence-electron chi connectivity index (χ4n) is 3.86. The Labute approximate surface area is 163 Å². The quantitative estimate of drug-likeness (QED) is 0.572. The van der Waals surface area contributed by atoms with Crippen molar-refractivity contribution in [2.45, 2.75) is 39.3 Å². The average Bonchev–Trinajstić information content (AvgIpc) is 3.44. The molecule has 4 rings (SSSR count). The molecule has 3 aromatic heterocycles. The van der Waals surface area contributed by atoms with Crippen molar-refractivity contribution in [2.24, 2.45) is 0 Å². The van der Waals surface area contributed by atoms with Crippen molar-refractivity contribution in [1.82, 2.24) is 9.47 Å². The molecule has 0 spiro atoms. The fourth-order valence-corrected chi connectivity index (χ4v) is 4.74. The molecule has 1 aliphatic heterocycles. The van der Waals surface area contributed by atoms with E-state index in [1.807, 2.05) is 23.1 Å². The van der Waals surface area contributed by atoms with E-state index in [-0.39, 0.29) is 11.9 Å². The van der Waals surface area contributed by atoms with Crippen LogP contribution < -0.4 is 0 Å². The van der Waals surface area contributed by atoms with Crippen LogP contribution >= 0.6 is 11.3 Å². The Hall–Kier alpha value is -2.53. The first-order chi connectivity index (χ1) is 13.1. The molecule has 0 bridgehead atoms. The molecule has 1 aliphatic rings. The largest absolute Gasteiger partial charge is 0.467 e. The molecule has 5 heteroatoms. The minimum absolute atomic E-state index is 0.0988. The number of amides is 1. The van der Waals surface area contributed by atoms with E-state index < -0.39 is 0 Å². The predicted octanol–water partition coefficient (Wildman–Crippen LogP) is 5.18. The molecule has 27 heavy (non-hydrogen) atoms. The number of thiophene rings is 1. The summed E-state index contributed by atoms with van der Waals surface area (Å²) in [6, 6.07) is 10.4. The molecule has 1 fully saturated rings. The molecule has 0 radical (unpaired) electrons. The van der Waals surface area contributed by atoms with E-state index in [0.717, 1.165) is 42.1 Å². The molecule has 0 saturated carbocycles. The Morgan fingerprint density at radius 3 is 2.96 bits per heavy atom. The van der Waals surface area contributed by atoms with E-state index in [1.54, 1.807) is 23.7 Å². The van der Waals surface area contributed by atoms with Crippen LogP contribution in [-0.2, 0) is 11.3 Å². The molecule has 0 aliphatic carbocycles. The van der Waals surface area contributed by atoms with Crippen molar-refractivity contribution in [1.29, 1.82) is 0 Å². The summed E-state index contributed by atoms with van der Waals surface area (Å²) in [5, 5.41) is 2.08. The lowest BCUT2D eigenvalue weighted by molar-refractivity contribution is -0.126. The lowest BCUT2D eigenvalue weighted by Gasteiger charge is -2.22. The van der Waals surface area contributed by atoms with Gasteiger partial charge in [0, 0.05) is 28.9 Å². The number of hydrogen-bond donors (Lipinski definition) is 0. The molecule has 3 aromatic rings. The number of carbonyl (C=O) groups excluding carboxylic acids is 1. The highest BCUT2D eigenvalue weighted by Crippen LogP contribution is 2.34. The van der Waals surface area contributed by atoms with Gasteiger partial charge in [0.15, 0.2) is 0 Å². The maximum Gasteiger partial charge on any atom is 0.247 e. The third-order valence-corrected chi connectivity index (χ3v) is 6.29. The van der Waals surface area contributed by atoms with Gasteiger partial charge in [-0.1, -0.05) is 6.07 Å². The minimum Gasteiger partial charge on any atom is -0.467 e. The van der Waals surface area contributed by atoms with Crippen molar-refractivity contribution < 1.29 is 9.21 Å². The van der Waals surface area contributed by atoms with Crippen molar-refractivity contribution in [3.8, 4) is 0 Å². The third-order valence-electron chi connectivity index (χ3n) is 5.32. The molecule has 0 unspecified atom stereocenters. The van der Waals surface area contributed by atoms with Gasteiger partial charge in [-0.25, -0.2) is 0 Å². The van der Waals surface area contributed by atoms with Gasteiger partial charge in [0.25, 0.3) is 0 Å². The highest BCUT2D eigenvalue weighted by Gasteiger charge is 2.29. The topological polar surface area (TPSA) is 38.4 Å². The molecular formula is C22H24N2O2S. The maximum atomic E-state index is 12.8. The van der Waals surface area contributed by atoms with Crippen LogP contribution in [0, 0.1) is 13.8 Å². The molecule has 4 heterocycles. The second-order valence-electron chi connectivity index (χ2n) is 7.03. The van der Waals surface area contributed by atoms with E-state index in [1.165, 1.54) is 4.88 Å². The lowest BCUT2D eigenvalue weighted by atomic mass is 10.2. The summed E-state index contributed by atoms with van der Waals surface area (Å²) in [6.07, 6.45) is 7.50. The second-order valence-corrected chi connectivity index (χ2v) is 8.01. The summed E-state index contributed by atoms with van der Waals surface area (Å²) in [4.78, 5) is 16.1. The van der Waals surface area contributed by atoms with Crippen molar-refractivity contribution in [3.05, 3.63) is 75.6 Å². The average molecular weight is 381 g/mol. The summed E-state index contributed by atoms with van der Waals surface area (Å²) in [5.74, 6) is 1.03. The molecule has 0 N–H and O–H groups in total. The first-order valence-corrected chi connectivity index (χ1v) is 10.2. The Bertz CT molecular complexity index is 936. The van der Waals surface area contributed by atoms with Gasteiger partial charge >= 0.3 is 0 Å². The Balaban J connectivity index is 1.50. The number of likely N-dealkylation sites (tertiary alicyclic amines) is 1. The molecule has 0 aromatic carbocycles. The van der Waals surface area contributed by atoms with E-state index in [2.05, 4.69) is 42.0 Å². The first kappa shape index (κ1) is 17.9. The van der Waals surface area contributed by atoms with Gasteiger partial charge in [-0.3, -0.25) is 4.79 Å². The third kappa shape index (κ3) is 3.65. The number of furan rings is 1. The van der Waals surface area contributed by atoms with Crippen LogP contribution in [-0.4, -0.2) is 21.9 Å². The summed E-state index contributed by atoms with van der Waals surface area (Å²) in [7, 11) is 0. The number of aryl methyl sites for hydroxylation is 1. The van der Waals surface area contributed by atoms with Crippen molar-refractivity contribution in [2.75, 3.05) is 6.54 Å². The molecule has 140 valence electrons. The van der Waals surface area contributed by atoms with Crippen LogP contribution in [0.5, 0.6) is 0 Å². The van der Waals surface area contributed by atoms with Crippen LogP contribution in [0.3, 0.4) is 0 Å². The van der Waals surface area contributed by atoms with Crippen molar-refractivity contribution in [3.63, 3.8) is 0 Å². The molecule has 1 atom stereocenters. The van der Waals surface area contributed by atoms with E-state index in [4.69, 9.17) is 4.42 Å². The predicted molar refractivity (Wildman–Crippen MR) is 109 cm³/mol.